The van der Waals surface area contributed by atoms with E-state index in [1.165, 1.54) is 0 Å². The van der Waals surface area contributed by atoms with E-state index in [0.717, 1.165) is 6.92 Å². The van der Waals surface area contributed by atoms with Crippen LogP contribution in [0.4, 0.5) is 0 Å². The summed E-state index contributed by atoms with van der Waals surface area (Å²) < 4.78 is 0. The molecule has 0 aromatic rings. The normalized spacial score (nSPS) is 4.17. The molecule has 2 nitrogen and oxygen atoms in total. The lowest BCUT2D eigenvalue weighted by Crippen LogP contribution is -1.78. The van der Waals surface area contributed by atoms with Gasteiger partial charge in [0.15, 0.2) is 0 Å². The Morgan fingerprint density at radius 2 is 1.50 bits per heavy atom. The van der Waals surface area contributed by atoms with Crippen molar-refractivity contribution in [3.05, 3.63) is 0 Å². The van der Waals surface area contributed by atoms with E-state index in [1.54, 1.807) is 0 Å². The molecule has 1 N–H and O–H groups in total. The Bertz CT molecular complexity index is 32.5. The summed E-state index contributed by atoms with van der Waals surface area (Å²) in [5.41, 5.74) is 0. The molecule has 0 aliphatic heterocycles. The summed E-state index contributed by atoms with van der Waals surface area (Å²) in [6.45, 7) is 1.08. The maximum absolute atomic E-state index is 9.00. The molecule has 0 aliphatic carbocycles. The average molecular weight is 316 g/mol. The van der Waals surface area contributed by atoms with Gasteiger partial charge in [0.2, 0.25) is 0 Å². The molecule has 0 aromatic heterocycles. The summed E-state index contributed by atoms with van der Waals surface area (Å²) in [6, 6.07) is 0. The van der Waals surface area contributed by atoms with Gasteiger partial charge in [-0.3, -0.25) is 4.79 Å². The number of carbonyl (C=O) groups is 1. The zero-order chi connectivity index (χ0) is 3.58. The molecule has 0 aliphatic rings. The van der Waals surface area contributed by atoms with Crippen LogP contribution in [0, 0.1) is 0 Å². The fraction of sp³-hybridized carbons (Fsp3) is 0.500. The van der Waals surface area contributed by atoms with Crippen LogP contribution in [0.5, 0.6) is 0 Å². The van der Waals surface area contributed by atoms with Crippen LogP contribution in [-0.2, 0) is 4.79 Å². The molecule has 6 heavy (non-hydrogen) atoms. The van der Waals surface area contributed by atoms with Gasteiger partial charge >= 0.3 is 0 Å². The van der Waals surface area contributed by atoms with Crippen molar-refractivity contribution in [3.8, 4) is 0 Å². The van der Waals surface area contributed by atoms with Crippen molar-refractivity contribution >= 4 is 53.9 Å². The topological polar surface area (TPSA) is 37.3 Å². The summed E-state index contributed by atoms with van der Waals surface area (Å²) in [7, 11) is 0. The number of carboxylic acid groups (broad SMARTS) is 1. The summed E-state index contributed by atoms with van der Waals surface area (Å²) in [5, 5.41) is 7.42. The summed E-state index contributed by atoms with van der Waals surface area (Å²) in [4.78, 5) is 9.00. The van der Waals surface area contributed by atoms with Crippen molar-refractivity contribution in [2.45, 2.75) is 6.92 Å². The second kappa shape index (κ2) is 9.33. The Hall–Kier alpha value is 0.930. The third kappa shape index (κ3) is 88.0. The Morgan fingerprint density at radius 1 is 1.50 bits per heavy atom. The highest BCUT2D eigenvalue weighted by Crippen LogP contribution is 1.42. The molecule has 0 amide bonds. The van der Waals surface area contributed by atoms with Gasteiger partial charge in [-0.1, -0.05) is 0 Å². The van der Waals surface area contributed by atoms with Gasteiger partial charge in [-0.25, -0.2) is 0 Å². The lowest BCUT2D eigenvalue weighted by atomic mass is 10.9. The molecule has 0 aromatic carbocycles. The molecule has 0 bridgehead atoms. The van der Waals surface area contributed by atoms with Gasteiger partial charge in [0, 0.05) is 6.92 Å². The van der Waals surface area contributed by atoms with Gasteiger partial charge in [0.25, 0.3) is 5.97 Å². The number of halogens is 2. The average Bonchev–Trinajstić information content (AvgIpc) is 0.811. The van der Waals surface area contributed by atoms with Gasteiger partial charge in [-0.15, -0.1) is 48.0 Å². The van der Waals surface area contributed by atoms with Crippen molar-refractivity contribution in [3.63, 3.8) is 0 Å². The zero-order valence-electron chi connectivity index (χ0n) is 3.17. The Morgan fingerprint density at radius 3 is 1.50 bits per heavy atom. The van der Waals surface area contributed by atoms with E-state index in [-0.39, 0.29) is 48.0 Å². The SMILES string of the molecule is CC(=O)O.I.I. The maximum atomic E-state index is 9.00. The number of hydrogen-bond acceptors (Lipinski definition) is 1. The van der Waals surface area contributed by atoms with E-state index in [9.17, 15) is 0 Å². The molecule has 0 radical (unpaired) electrons. The fourth-order valence-electron chi connectivity index (χ4n) is 0. The van der Waals surface area contributed by atoms with Crippen LogP contribution < -0.4 is 0 Å². The Kier molecular flexibility index (Phi) is 24.5. The van der Waals surface area contributed by atoms with Crippen LogP contribution in [0.25, 0.3) is 0 Å². The molecular weight excluding hydrogens is 310 g/mol. The van der Waals surface area contributed by atoms with Crippen molar-refractivity contribution < 1.29 is 9.90 Å². The molecule has 0 fully saturated rings. The standard InChI is InChI=1S/C2H4O2.2HI/c1-2(3)4;;/h1H3,(H,3,4);2*1H. The van der Waals surface area contributed by atoms with Crippen LogP contribution >= 0.6 is 48.0 Å². The molecular formula is C2H6I2O2. The Balaban J connectivity index is -0.0000000450. The predicted octanol–water partition coefficient (Wildman–Crippen LogP) is 1.33. The van der Waals surface area contributed by atoms with Crippen LogP contribution in [0.3, 0.4) is 0 Å². The first kappa shape index (κ1) is 15.8. The van der Waals surface area contributed by atoms with Crippen LogP contribution in [0.1, 0.15) is 6.92 Å². The minimum atomic E-state index is -0.833. The monoisotopic (exact) mass is 316 g/mol. The second-order valence-electron chi connectivity index (χ2n) is 0.519. The van der Waals surface area contributed by atoms with Gasteiger partial charge in [0.1, 0.15) is 0 Å². The van der Waals surface area contributed by atoms with Crippen LogP contribution in [0.15, 0.2) is 0 Å². The number of hydrogen-bond donors (Lipinski definition) is 1. The highest BCUT2D eigenvalue weighted by atomic mass is 127. The molecule has 4 heteroatoms. The number of carboxylic acids is 1. The second-order valence-corrected chi connectivity index (χ2v) is 0.519. The molecule has 0 heterocycles. The van der Waals surface area contributed by atoms with Crippen molar-refractivity contribution in [1.82, 2.24) is 0 Å². The molecule has 0 saturated heterocycles. The fourth-order valence-corrected chi connectivity index (χ4v) is 0. The highest BCUT2D eigenvalue weighted by Gasteiger charge is 1.65. The van der Waals surface area contributed by atoms with Crippen molar-refractivity contribution in [2.24, 2.45) is 0 Å². The molecule has 0 rings (SSSR count). The lowest BCUT2D eigenvalue weighted by Gasteiger charge is -1.59. The van der Waals surface area contributed by atoms with E-state index < -0.39 is 5.97 Å². The van der Waals surface area contributed by atoms with Crippen molar-refractivity contribution in [2.75, 3.05) is 0 Å². The number of rotatable bonds is 0. The summed E-state index contributed by atoms with van der Waals surface area (Å²) >= 11 is 0. The first-order chi connectivity index (χ1) is 1.73. The van der Waals surface area contributed by atoms with Crippen LogP contribution in [-0.4, -0.2) is 11.1 Å². The van der Waals surface area contributed by atoms with Gasteiger partial charge in [0.05, 0.1) is 0 Å². The lowest BCUT2D eigenvalue weighted by molar-refractivity contribution is -0.134. The van der Waals surface area contributed by atoms with Crippen LogP contribution in [0.2, 0.25) is 0 Å². The van der Waals surface area contributed by atoms with Crippen molar-refractivity contribution in [1.29, 1.82) is 0 Å². The van der Waals surface area contributed by atoms with E-state index in [0.29, 0.717) is 0 Å². The smallest absolute Gasteiger partial charge is 0.300 e. The Labute approximate surface area is 70.3 Å². The van der Waals surface area contributed by atoms with E-state index >= 15 is 0 Å². The first-order valence-electron chi connectivity index (χ1n) is 0.928. The third-order valence-electron chi connectivity index (χ3n) is 0. The predicted molar refractivity (Wildman–Crippen MR) is 44.1 cm³/mol. The molecule has 0 atom stereocenters. The molecule has 0 saturated carbocycles. The quantitative estimate of drug-likeness (QED) is 0.685. The zero-order valence-corrected chi connectivity index (χ0v) is 7.83. The van der Waals surface area contributed by atoms with Gasteiger partial charge in [-0.05, 0) is 0 Å². The van der Waals surface area contributed by atoms with E-state index in [1.807, 2.05) is 0 Å². The minimum Gasteiger partial charge on any atom is -0.481 e. The maximum Gasteiger partial charge on any atom is 0.300 e. The van der Waals surface area contributed by atoms with Gasteiger partial charge in [-0.2, -0.15) is 0 Å². The minimum absolute atomic E-state index is 0. The first-order valence-corrected chi connectivity index (χ1v) is 0.928. The molecule has 40 valence electrons. The molecule has 0 unspecified atom stereocenters. The summed E-state index contributed by atoms with van der Waals surface area (Å²) in [6.07, 6.45) is 0. The third-order valence-corrected chi connectivity index (χ3v) is 0. The van der Waals surface area contributed by atoms with Gasteiger partial charge < -0.3 is 5.11 Å². The largest absolute Gasteiger partial charge is 0.481 e. The number of aliphatic carboxylic acids is 1. The van der Waals surface area contributed by atoms with E-state index in [4.69, 9.17) is 9.90 Å². The molecule has 0 spiro atoms. The summed E-state index contributed by atoms with van der Waals surface area (Å²) in [5.74, 6) is -0.833. The highest BCUT2D eigenvalue weighted by molar-refractivity contribution is 14.0. The van der Waals surface area contributed by atoms with E-state index in [2.05, 4.69) is 0 Å².